The van der Waals surface area contributed by atoms with Gasteiger partial charge in [-0.3, -0.25) is 0 Å². The monoisotopic (exact) mass is 906 g/mol. The molecule has 0 saturated heterocycles. The number of halogens is 2. The van der Waals surface area contributed by atoms with Crippen LogP contribution in [0.3, 0.4) is 0 Å². The molecule has 0 fully saturated rings. The molecule has 0 aliphatic rings. The minimum atomic E-state index is -2.25. The molecular formula is C45H50Br2O6P2+2. The van der Waals surface area contributed by atoms with E-state index in [2.05, 4.69) is 146 Å². The zero-order valence-corrected chi connectivity index (χ0v) is 37.4. The van der Waals surface area contributed by atoms with Gasteiger partial charge in [-0.15, -0.1) is 34.0 Å². The summed E-state index contributed by atoms with van der Waals surface area (Å²) in [5.74, 6) is 5.00. The van der Waals surface area contributed by atoms with E-state index in [1.54, 1.807) is 42.7 Å². The molecule has 0 amide bonds. The van der Waals surface area contributed by atoms with Crippen LogP contribution in [0.1, 0.15) is 6.42 Å². The molecule has 0 unspecified atom stereocenters. The van der Waals surface area contributed by atoms with Gasteiger partial charge in [-0.1, -0.05) is 0 Å². The molecule has 0 aromatic heterocycles. The predicted octanol–water partition coefficient (Wildman–Crippen LogP) is 8.57. The summed E-state index contributed by atoms with van der Waals surface area (Å²) in [4.78, 5) is 0. The second-order valence-electron chi connectivity index (χ2n) is 12.6. The molecule has 0 heterocycles. The lowest BCUT2D eigenvalue weighted by atomic mass is 10.3. The van der Waals surface area contributed by atoms with Crippen molar-refractivity contribution in [3.8, 4) is 34.5 Å². The molecule has 0 aliphatic heterocycles. The highest BCUT2D eigenvalue weighted by Crippen LogP contribution is 2.60. The van der Waals surface area contributed by atoms with Crippen molar-refractivity contribution in [3.63, 3.8) is 0 Å². The van der Waals surface area contributed by atoms with E-state index < -0.39 is 14.5 Å². The molecule has 55 heavy (non-hydrogen) atoms. The van der Waals surface area contributed by atoms with Crippen LogP contribution in [-0.4, -0.2) is 55.0 Å². The van der Waals surface area contributed by atoms with E-state index in [4.69, 9.17) is 28.4 Å². The van der Waals surface area contributed by atoms with Gasteiger partial charge in [0.05, 0.1) is 55.0 Å². The maximum atomic E-state index is 5.63. The first-order chi connectivity index (χ1) is 25.9. The summed E-state index contributed by atoms with van der Waals surface area (Å²) < 4.78 is 33.8. The fourth-order valence-corrected chi connectivity index (χ4v) is 16.0. The Morgan fingerprint density at radius 2 is 0.418 bits per heavy atom. The largest absolute Gasteiger partial charge is 0.497 e. The Labute approximate surface area is 348 Å². The Morgan fingerprint density at radius 1 is 0.273 bits per heavy atom. The molecule has 0 saturated carbocycles. The lowest BCUT2D eigenvalue weighted by Crippen LogP contribution is -2.36. The van der Waals surface area contributed by atoms with E-state index in [1.807, 2.05) is 0 Å². The topological polar surface area (TPSA) is 55.4 Å². The molecule has 6 rings (SSSR count). The Hall–Kier alpha value is -4.06. The molecule has 288 valence electrons. The third-order valence-electron chi connectivity index (χ3n) is 10.1. The summed E-state index contributed by atoms with van der Waals surface area (Å²) in [7, 11) is 5.78. The van der Waals surface area contributed by atoms with Crippen LogP contribution in [0.2, 0.25) is 0 Å². The van der Waals surface area contributed by atoms with E-state index in [0.717, 1.165) is 53.2 Å². The van der Waals surface area contributed by atoms with Crippen molar-refractivity contribution in [2.24, 2.45) is 0 Å². The lowest BCUT2D eigenvalue weighted by molar-refractivity contribution is 0.415. The SMILES string of the molecule is Br.Br.COc1ccc([P+](CCC[P+](c2ccc(OC)cc2)(c2ccc(OC)cc2)c2ccc(OC)cc2)(c2ccc(OC)cc2)c2ccc(OC)cc2)cc1. The van der Waals surface area contributed by atoms with Gasteiger partial charge in [0.2, 0.25) is 0 Å². The van der Waals surface area contributed by atoms with Gasteiger partial charge in [0, 0.05) is 6.42 Å². The molecule has 6 aromatic carbocycles. The predicted molar refractivity (Wildman–Crippen MR) is 245 cm³/mol. The molecule has 0 bridgehead atoms. The molecule has 6 nitrogen and oxygen atoms in total. The van der Waals surface area contributed by atoms with Gasteiger partial charge >= 0.3 is 0 Å². The van der Waals surface area contributed by atoms with Crippen LogP contribution in [0.25, 0.3) is 0 Å². The average Bonchev–Trinajstić information content (AvgIpc) is 3.24. The lowest BCUT2D eigenvalue weighted by Gasteiger charge is -2.31. The van der Waals surface area contributed by atoms with Crippen LogP contribution in [0.15, 0.2) is 146 Å². The van der Waals surface area contributed by atoms with Crippen molar-refractivity contribution in [1.29, 1.82) is 0 Å². The van der Waals surface area contributed by atoms with Crippen LogP contribution in [0, 0.1) is 0 Å². The van der Waals surface area contributed by atoms with E-state index in [-0.39, 0.29) is 34.0 Å². The number of ether oxygens (including phenoxy) is 6. The third kappa shape index (κ3) is 9.16. The van der Waals surface area contributed by atoms with E-state index in [9.17, 15) is 0 Å². The highest BCUT2D eigenvalue weighted by Gasteiger charge is 2.49. The quantitative estimate of drug-likeness (QED) is 0.0909. The first kappa shape index (κ1) is 43.7. The van der Waals surface area contributed by atoms with Crippen LogP contribution in [0.4, 0.5) is 0 Å². The number of benzene rings is 6. The Bertz CT molecular complexity index is 1660. The van der Waals surface area contributed by atoms with Gasteiger partial charge < -0.3 is 28.4 Å². The van der Waals surface area contributed by atoms with Crippen molar-refractivity contribution in [2.45, 2.75) is 6.42 Å². The summed E-state index contributed by atoms with van der Waals surface area (Å²) in [5, 5.41) is 7.73. The second-order valence-corrected chi connectivity index (χ2v) is 19.8. The van der Waals surface area contributed by atoms with Crippen molar-refractivity contribution in [1.82, 2.24) is 0 Å². The average molecular weight is 909 g/mol. The zero-order valence-electron chi connectivity index (χ0n) is 32.1. The first-order valence-electron chi connectivity index (χ1n) is 17.6. The Morgan fingerprint density at radius 3 is 0.545 bits per heavy atom. The van der Waals surface area contributed by atoms with Gasteiger partial charge in [-0.05, 0) is 146 Å². The number of methoxy groups -OCH3 is 6. The van der Waals surface area contributed by atoms with Crippen LogP contribution in [-0.2, 0) is 0 Å². The van der Waals surface area contributed by atoms with Gasteiger partial charge in [0.1, 0.15) is 80.8 Å². The summed E-state index contributed by atoms with van der Waals surface area (Å²) in [6.07, 6.45) is 2.81. The standard InChI is InChI=1S/C45H48O6P2.2BrH/c1-46-34-8-20-40(21-9-34)52(41-22-10-35(47-2)11-23-41,42-24-12-36(48-3)13-25-42)32-7-33-53(43-26-14-37(49-4)15-27-43,44-28-16-38(50-5)17-29-44)45-30-18-39(51-6)19-31-45;;/h8-31H,7,32-33H2,1-6H3;2*1H/q+2;;. The Balaban J connectivity index is 0.00000336. The fraction of sp³-hybridized carbons (Fsp3) is 0.200. The fourth-order valence-electron chi connectivity index (χ4n) is 7.23. The molecule has 0 spiro atoms. The normalized spacial score (nSPS) is 11.0. The number of rotatable bonds is 16. The van der Waals surface area contributed by atoms with Crippen molar-refractivity contribution in [2.75, 3.05) is 55.0 Å². The summed E-state index contributed by atoms with van der Waals surface area (Å²) in [6.45, 7) is 0. The first-order valence-corrected chi connectivity index (χ1v) is 21.5. The minimum absolute atomic E-state index is 0. The molecule has 10 heteroatoms. The molecule has 0 aliphatic carbocycles. The van der Waals surface area contributed by atoms with E-state index in [0.29, 0.717) is 0 Å². The summed E-state index contributed by atoms with van der Waals surface area (Å²) >= 11 is 0. The third-order valence-corrected chi connectivity index (χ3v) is 19.1. The molecule has 0 radical (unpaired) electrons. The number of hydrogen-bond donors (Lipinski definition) is 0. The van der Waals surface area contributed by atoms with Gasteiger partial charge in [0.15, 0.2) is 0 Å². The van der Waals surface area contributed by atoms with Crippen molar-refractivity contribution >= 4 is 80.3 Å². The van der Waals surface area contributed by atoms with Crippen LogP contribution < -0.4 is 60.2 Å². The van der Waals surface area contributed by atoms with E-state index >= 15 is 0 Å². The maximum absolute atomic E-state index is 5.63. The molecule has 0 atom stereocenters. The number of hydrogen-bond acceptors (Lipinski definition) is 6. The van der Waals surface area contributed by atoms with Crippen LogP contribution >= 0.6 is 48.5 Å². The molecule has 0 N–H and O–H groups in total. The van der Waals surface area contributed by atoms with Gasteiger partial charge in [-0.2, -0.15) is 0 Å². The smallest absolute Gasteiger partial charge is 0.119 e. The van der Waals surface area contributed by atoms with E-state index in [1.165, 1.54) is 31.8 Å². The minimum Gasteiger partial charge on any atom is -0.497 e. The molecular weight excluding hydrogens is 858 g/mol. The summed E-state index contributed by atoms with van der Waals surface area (Å²) in [5.41, 5.74) is 0. The van der Waals surface area contributed by atoms with Crippen molar-refractivity contribution < 1.29 is 28.4 Å². The van der Waals surface area contributed by atoms with Gasteiger partial charge in [-0.25, -0.2) is 0 Å². The van der Waals surface area contributed by atoms with Crippen molar-refractivity contribution in [3.05, 3.63) is 146 Å². The van der Waals surface area contributed by atoms with Gasteiger partial charge in [0.25, 0.3) is 0 Å². The molecule has 6 aromatic rings. The summed E-state index contributed by atoms with van der Waals surface area (Å²) in [6, 6.07) is 52.0. The Kier molecular flexibility index (Phi) is 16.0. The maximum Gasteiger partial charge on any atom is 0.119 e. The highest BCUT2D eigenvalue weighted by molar-refractivity contribution is 8.93. The van der Waals surface area contributed by atoms with Crippen LogP contribution in [0.5, 0.6) is 34.5 Å². The zero-order chi connectivity index (χ0) is 37.3. The second kappa shape index (κ2) is 20.2. The highest BCUT2D eigenvalue weighted by atomic mass is 79.9.